The number of rotatable bonds is 4. The van der Waals surface area contributed by atoms with E-state index in [1.54, 1.807) is 0 Å². The Morgan fingerprint density at radius 1 is 1.11 bits per heavy atom. The van der Waals surface area contributed by atoms with Gasteiger partial charge in [-0.25, -0.2) is 0 Å². The Hall–Kier alpha value is -1.82. The van der Waals surface area contributed by atoms with Crippen molar-refractivity contribution in [3.8, 4) is 0 Å². The first-order chi connectivity index (χ1) is 13.6. The van der Waals surface area contributed by atoms with Crippen LogP contribution in [0.3, 0.4) is 0 Å². The summed E-state index contributed by atoms with van der Waals surface area (Å²) in [6.07, 6.45) is 2.48. The highest BCUT2D eigenvalue weighted by molar-refractivity contribution is 9.10. The molecule has 146 valence electrons. The van der Waals surface area contributed by atoms with Crippen molar-refractivity contribution in [2.75, 3.05) is 26.3 Å². The maximum absolute atomic E-state index is 13.4. The van der Waals surface area contributed by atoms with Crippen LogP contribution in [0.5, 0.6) is 0 Å². The van der Waals surface area contributed by atoms with E-state index in [9.17, 15) is 4.79 Å². The second-order valence-electron chi connectivity index (χ2n) is 7.05. The number of aromatic amines is 1. The normalized spacial score (nSPS) is 15.0. The molecular weight excluding hydrogens is 440 g/mol. The van der Waals surface area contributed by atoms with Crippen molar-refractivity contribution in [3.05, 3.63) is 68.8 Å². The number of aryl methyl sites for hydroxylation is 2. The maximum atomic E-state index is 13.4. The minimum atomic E-state index is 0.0881. The highest BCUT2D eigenvalue weighted by Gasteiger charge is 2.24. The number of hydrogen-bond acceptors (Lipinski definition) is 2. The third-order valence-electron chi connectivity index (χ3n) is 5.14. The van der Waals surface area contributed by atoms with Crippen molar-refractivity contribution in [2.45, 2.75) is 19.3 Å². The van der Waals surface area contributed by atoms with Crippen molar-refractivity contribution in [1.29, 1.82) is 0 Å². The second kappa shape index (κ2) is 8.68. The van der Waals surface area contributed by atoms with E-state index in [1.165, 1.54) is 5.56 Å². The third kappa shape index (κ3) is 4.27. The molecule has 0 atom stereocenters. The maximum Gasteiger partial charge on any atom is 0.256 e. The minimum absolute atomic E-state index is 0.0881. The quantitative estimate of drug-likeness (QED) is 0.578. The summed E-state index contributed by atoms with van der Waals surface area (Å²) in [5.41, 5.74) is 3.96. The van der Waals surface area contributed by atoms with Gasteiger partial charge in [0.2, 0.25) is 0 Å². The summed E-state index contributed by atoms with van der Waals surface area (Å²) >= 11 is 9.52. The lowest BCUT2D eigenvalue weighted by Crippen LogP contribution is -2.33. The van der Waals surface area contributed by atoms with Crippen LogP contribution in [0.25, 0.3) is 10.9 Å². The Morgan fingerprint density at radius 2 is 1.93 bits per heavy atom. The lowest BCUT2D eigenvalue weighted by Gasteiger charge is -2.20. The molecule has 4 nitrogen and oxygen atoms in total. The molecule has 2 heterocycles. The van der Waals surface area contributed by atoms with E-state index >= 15 is 0 Å². The fraction of sp³-hybridized carbons (Fsp3) is 0.318. The summed E-state index contributed by atoms with van der Waals surface area (Å²) in [6, 6.07) is 13.9. The van der Waals surface area contributed by atoms with Crippen LogP contribution < -0.4 is 0 Å². The molecule has 3 aromatic rings. The monoisotopic (exact) mass is 460 g/mol. The molecule has 0 spiro atoms. The van der Waals surface area contributed by atoms with Crippen LogP contribution in [0.4, 0.5) is 0 Å². The van der Waals surface area contributed by atoms with Crippen LogP contribution in [-0.2, 0) is 17.6 Å². The summed E-state index contributed by atoms with van der Waals surface area (Å²) in [5.74, 6) is 0.0881. The van der Waals surface area contributed by atoms with E-state index in [0.29, 0.717) is 19.8 Å². The average Bonchev–Trinajstić information content (AvgIpc) is 2.86. The summed E-state index contributed by atoms with van der Waals surface area (Å²) < 4.78 is 6.52. The predicted octanol–water partition coefficient (Wildman–Crippen LogP) is 5.23. The molecule has 0 radical (unpaired) electrons. The lowest BCUT2D eigenvalue weighted by molar-refractivity contribution is 0.0742. The van der Waals surface area contributed by atoms with E-state index in [1.807, 2.05) is 47.4 Å². The molecule has 0 saturated carbocycles. The first-order valence-corrected chi connectivity index (χ1v) is 10.7. The summed E-state index contributed by atoms with van der Waals surface area (Å²) in [7, 11) is 0. The zero-order valence-electron chi connectivity index (χ0n) is 15.5. The molecule has 0 aliphatic carbocycles. The van der Waals surface area contributed by atoms with Crippen LogP contribution in [0.15, 0.2) is 46.9 Å². The van der Waals surface area contributed by atoms with Gasteiger partial charge in [-0.05, 0) is 49.1 Å². The molecule has 1 fully saturated rings. The largest absolute Gasteiger partial charge is 0.380 e. The van der Waals surface area contributed by atoms with Crippen molar-refractivity contribution < 1.29 is 9.53 Å². The molecule has 28 heavy (non-hydrogen) atoms. The molecule has 1 aliphatic heterocycles. The van der Waals surface area contributed by atoms with E-state index < -0.39 is 0 Å². The van der Waals surface area contributed by atoms with Crippen LogP contribution >= 0.6 is 27.5 Å². The number of carbonyl (C=O) groups excluding carboxylic acids is 1. The number of hydrogen-bond donors (Lipinski definition) is 1. The van der Waals surface area contributed by atoms with Crippen LogP contribution in [0, 0.1) is 0 Å². The van der Waals surface area contributed by atoms with E-state index in [0.717, 1.165) is 57.5 Å². The first-order valence-electron chi connectivity index (χ1n) is 9.53. The highest BCUT2D eigenvalue weighted by atomic mass is 79.9. The van der Waals surface area contributed by atoms with Gasteiger partial charge >= 0.3 is 0 Å². The summed E-state index contributed by atoms with van der Waals surface area (Å²) in [4.78, 5) is 18.8. The van der Waals surface area contributed by atoms with E-state index in [2.05, 4.69) is 20.9 Å². The fourth-order valence-electron chi connectivity index (χ4n) is 3.68. The fourth-order valence-corrected chi connectivity index (χ4v) is 4.17. The van der Waals surface area contributed by atoms with Gasteiger partial charge < -0.3 is 14.6 Å². The average molecular weight is 462 g/mol. The molecule has 6 heteroatoms. The number of amides is 1. The molecule has 0 unspecified atom stereocenters. The van der Waals surface area contributed by atoms with E-state index in [-0.39, 0.29) is 5.91 Å². The highest BCUT2D eigenvalue weighted by Crippen LogP contribution is 2.28. The second-order valence-corrected chi connectivity index (χ2v) is 8.41. The standard InChI is InChI=1S/C22H22BrClN2O2/c23-16-5-8-18-20(14-16)25-19(9-4-15-2-6-17(24)7-3-15)21(18)22(27)26-10-1-12-28-13-11-26/h2-3,5-8,14,25H,1,4,9-13H2. The number of ether oxygens (including phenoxy) is 1. The molecule has 2 aromatic carbocycles. The first kappa shape index (κ1) is 19.5. The van der Waals surface area contributed by atoms with Crippen LogP contribution in [0.2, 0.25) is 5.02 Å². The van der Waals surface area contributed by atoms with Gasteiger partial charge in [0.05, 0.1) is 12.2 Å². The number of nitrogens with one attached hydrogen (secondary N) is 1. The summed E-state index contributed by atoms with van der Waals surface area (Å²) in [5, 5.41) is 1.71. The Balaban J connectivity index is 1.67. The molecule has 1 saturated heterocycles. The van der Waals surface area contributed by atoms with E-state index in [4.69, 9.17) is 16.3 Å². The van der Waals surface area contributed by atoms with Gasteiger partial charge in [0.25, 0.3) is 5.91 Å². The SMILES string of the molecule is O=C(c1c(CCc2ccc(Cl)cc2)[nH]c2cc(Br)ccc12)N1CCCOCC1. The van der Waals surface area contributed by atoms with Gasteiger partial charge in [0, 0.05) is 45.8 Å². The van der Waals surface area contributed by atoms with Crippen molar-refractivity contribution in [2.24, 2.45) is 0 Å². The van der Waals surface area contributed by atoms with Crippen molar-refractivity contribution in [3.63, 3.8) is 0 Å². The van der Waals surface area contributed by atoms with Crippen LogP contribution in [0.1, 0.15) is 28.0 Å². The zero-order chi connectivity index (χ0) is 19.5. The third-order valence-corrected chi connectivity index (χ3v) is 5.88. The molecule has 1 aromatic heterocycles. The topological polar surface area (TPSA) is 45.3 Å². The molecule has 1 amide bonds. The minimum Gasteiger partial charge on any atom is -0.380 e. The van der Waals surface area contributed by atoms with Gasteiger partial charge in [-0.15, -0.1) is 0 Å². The zero-order valence-corrected chi connectivity index (χ0v) is 17.9. The Labute approximate surface area is 177 Å². The number of H-pyrrole nitrogens is 1. The van der Waals surface area contributed by atoms with Gasteiger partial charge in [-0.2, -0.15) is 0 Å². The lowest BCUT2D eigenvalue weighted by atomic mass is 10.0. The van der Waals surface area contributed by atoms with Gasteiger partial charge in [-0.3, -0.25) is 4.79 Å². The number of benzene rings is 2. The number of carbonyl (C=O) groups is 1. The number of halogens is 2. The molecule has 1 aliphatic rings. The molecule has 4 rings (SSSR count). The smallest absolute Gasteiger partial charge is 0.256 e. The van der Waals surface area contributed by atoms with Crippen molar-refractivity contribution in [1.82, 2.24) is 9.88 Å². The van der Waals surface area contributed by atoms with Crippen LogP contribution in [-0.4, -0.2) is 42.1 Å². The number of fused-ring (bicyclic) bond motifs is 1. The molecule has 0 bridgehead atoms. The molecule has 1 N–H and O–H groups in total. The molecular formula is C22H22BrClN2O2. The predicted molar refractivity (Wildman–Crippen MR) is 116 cm³/mol. The van der Waals surface area contributed by atoms with Gasteiger partial charge in [0.15, 0.2) is 0 Å². The number of nitrogens with zero attached hydrogens (tertiary/aromatic N) is 1. The number of aromatic nitrogens is 1. The Morgan fingerprint density at radius 3 is 2.75 bits per heavy atom. The Kier molecular flexibility index (Phi) is 6.04. The van der Waals surface area contributed by atoms with Gasteiger partial charge in [0.1, 0.15) is 0 Å². The summed E-state index contributed by atoms with van der Waals surface area (Å²) in [6.45, 7) is 2.69. The Bertz CT molecular complexity index is 976. The van der Waals surface area contributed by atoms with Crippen molar-refractivity contribution >= 4 is 44.3 Å². The van der Waals surface area contributed by atoms with Gasteiger partial charge in [-0.1, -0.05) is 45.7 Å².